The van der Waals surface area contributed by atoms with Gasteiger partial charge in [0.25, 0.3) is 0 Å². The molecule has 24 heavy (non-hydrogen) atoms. The summed E-state index contributed by atoms with van der Waals surface area (Å²) in [6.45, 7) is 5.95. The topological polar surface area (TPSA) is 49.4 Å². The number of amides is 1. The first-order valence-electron chi connectivity index (χ1n) is 9.20. The third kappa shape index (κ3) is 4.23. The predicted molar refractivity (Wildman–Crippen MR) is 95.2 cm³/mol. The highest BCUT2D eigenvalue weighted by molar-refractivity contribution is 5.97. The van der Waals surface area contributed by atoms with E-state index in [-0.39, 0.29) is 17.6 Å². The van der Waals surface area contributed by atoms with Gasteiger partial charge in [0.1, 0.15) is 0 Å². The van der Waals surface area contributed by atoms with E-state index in [0.717, 1.165) is 31.5 Å². The van der Waals surface area contributed by atoms with Crippen LogP contribution in [0, 0.1) is 5.92 Å². The number of ketones is 1. The van der Waals surface area contributed by atoms with Crippen molar-refractivity contribution in [2.45, 2.75) is 51.5 Å². The minimum atomic E-state index is 0.0122. The average molecular weight is 328 g/mol. The van der Waals surface area contributed by atoms with Gasteiger partial charge >= 0.3 is 0 Å². The lowest BCUT2D eigenvalue weighted by atomic mass is 9.88. The molecule has 2 fully saturated rings. The zero-order valence-corrected chi connectivity index (χ0v) is 14.8. The Morgan fingerprint density at radius 1 is 1.25 bits per heavy atom. The quantitative estimate of drug-likeness (QED) is 0.817. The van der Waals surface area contributed by atoms with Crippen LogP contribution in [0.5, 0.6) is 0 Å². The van der Waals surface area contributed by atoms with Gasteiger partial charge in [-0.3, -0.25) is 9.59 Å². The normalized spacial score (nSPS) is 21.1. The molecule has 1 saturated carbocycles. The minimum absolute atomic E-state index is 0.0122. The van der Waals surface area contributed by atoms with Gasteiger partial charge in [-0.05, 0) is 37.3 Å². The van der Waals surface area contributed by atoms with Gasteiger partial charge in [-0.15, -0.1) is 0 Å². The molecule has 0 spiro atoms. The molecule has 1 N–H and O–H groups in total. The molecule has 0 aromatic heterocycles. The smallest absolute Gasteiger partial charge is 0.236 e. The van der Waals surface area contributed by atoms with Crippen molar-refractivity contribution in [1.29, 1.82) is 0 Å². The maximum Gasteiger partial charge on any atom is 0.236 e. The third-order valence-corrected chi connectivity index (χ3v) is 5.06. The molecule has 0 bridgehead atoms. The zero-order chi connectivity index (χ0) is 17.1. The van der Waals surface area contributed by atoms with Crippen LogP contribution in [0.25, 0.3) is 0 Å². The fourth-order valence-corrected chi connectivity index (χ4v) is 3.39. The van der Waals surface area contributed by atoms with Crippen molar-refractivity contribution in [3.05, 3.63) is 35.4 Å². The van der Waals surface area contributed by atoms with Crippen molar-refractivity contribution in [1.82, 2.24) is 10.2 Å². The number of nitrogens with one attached hydrogen (secondary N) is 1. The SMILES string of the molecule is CC(C)C(=O)c1cccc([C@H]2CCCN(C(=O)CNC3CC3)C2)c1. The summed E-state index contributed by atoms with van der Waals surface area (Å²) in [7, 11) is 0. The third-order valence-electron chi connectivity index (χ3n) is 5.06. The van der Waals surface area contributed by atoms with E-state index in [1.807, 2.05) is 36.9 Å². The first kappa shape index (κ1) is 17.2. The number of rotatable bonds is 6. The molecule has 1 aromatic carbocycles. The van der Waals surface area contributed by atoms with Gasteiger partial charge in [0.2, 0.25) is 5.91 Å². The number of hydrogen-bond acceptors (Lipinski definition) is 3. The molecule has 1 aliphatic heterocycles. The van der Waals surface area contributed by atoms with Crippen molar-refractivity contribution in [3.8, 4) is 0 Å². The van der Waals surface area contributed by atoms with Crippen LogP contribution in [0.4, 0.5) is 0 Å². The lowest BCUT2D eigenvalue weighted by molar-refractivity contribution is -0.131. The van der Waals surface area contributed by atoms with Gasteiger partial charge in [-0.1, -0.05) is 32.0 Å². The van der Waals surface area contributed by atoms with Crippen LogP contribution in [0.1, 0.15) is 61.4 Å². The molecule has 1 aliphatic carbocycles. The van der Waals surface area contributed by atoms with Crippen LogP contribution in [-0.2, 0) is 4.79 Å². The molecular weight excluding hydrogens is 300 g/mol. The fourth-order valence-electron chi connectivity index (χ4n) is 3.39. The van der Waals surface area contributed by atoms with Crippen LogP contribution >= 0.6 is 0 Å². The lowest BCUT2D eigenvalue weighted by Crippen LogP contribution is -2.43. The van der Waals surface area contributed by atoms with Gasteiger partial charge in [0, 0.05) is 36.5 Å². The Bertz CT molecular complexity index is 607. The van der Waals surface area contributed by atoms with E-state index in [9.17, 15) is 9.59 Å². The Labute approximate surface area is 144 Å². The van der Waals surface area contributed by atoms with Crippen LogP contribution in [0.2, 0.25) is 0 Å². The van der Waals surface area contributed by atoms with E-state index in [0.29, 0.717) is 18.5 Å². The van der Waals surface area contributed by atoms with Crippen molar-refractivity contribution in [2.24, 2.45) is 5.92 Å². The second-order valence-electron chi connectivity index (χ2n) is 7.48. The summed E-state index contributed by atoms with van der Waals surface area (Å²) in [5.74, 6) is 0.747. The second-order valence-corrected chi connectivity index (χ2v) is 7.48. The van der Waals surface area contributed by atoms with E-state index >= 15 is 0 Å². The number of nitrogens with zero attached hydrogens (tertiary/aromatic N) is 1. The van der Waals surface area contributed by atoms with Crippen molar-refractivity contribution >= 4 is 11.7 Å². The first-order chi connectivity index (χ1) is 11.5. The van der Waals surface area contributed by atoms with Crippen molar-refractivity contribution in [3.63, 3.8) is 0 Å². The summed E-state index contributed by atoms with van der Waals surface area (Å²) < 4.78 is 0. The maximum atomic E-state index is 12.4. The predicted octanol–water partition coefficient (Wildman–Crippen LogP) is 2.98. The summed E-state index contributed by atoms with van der Waals surface area (Å²) in [6, 6.07) is 8.56. The summed E-state index contributed by atoms with van der Waals surface area (Å²) in [5.41, 5.74) is 1.98. The van der Waals surface area contributed by atoms with Crippen LogP contribution < -0.4 is 5.32 Å². The van der Waals surface area contributed by atoms with Gasteiger partial charge in [0.15, 0.2) is 5.78 Å². The van der Waals surface area contributed by atoms with E-state index in [2.05, 4.69) is 11.4 Å². The molecule has 1 aromatic rings. The van der Waals surface area contributed by atoms with E-state index in [4.69, 9.17) is 0 Å². The summed E-state index contributed by atoms with van der Waals surface area (Å²) >= 11 is 0. The molecule has 4 nitrogen and oxygen atoms in total. The number of benzene rings is 1. The van der Waals surface area contributed by atoms with Gasteiger partial charge in [0.05, 0.1) is 6.54 Å². The average Bonchev–Trinajstić information content (AvgIpc) is 3.43. The molecule has 130 valence electrons. The molecule has 0 unspecified atom stereocenters. The zero-order valence-electron chi connectivity index (χ0n) is 14.8. The van der Waals surface area contributed by atoms with Crippen LogP contribution in [0.15, 0.2) is 24.3 Å². The highest BCUT2D eigenvalue weighted by Crippen LogP contribution is 2.28. The molecule has 1 heterocycles. The van der Waals surface area contributed by atoms with Crippen LogP contribution in [0.3, 0.4) is 0 Å². The largest absolute Gasteiger partial charge is 0.341 e. The number of carbonyl (C=O) groups is 2. The fraction of sp³-hybridized carbons (Fsp3) is 0.600. The minimum Gasteiger partial charge on any atom is -0.341 e. The Morgan fingerprint density at radius 3 is 2.75 bits per heavy atom. The summed E-state index contributed by atoms with van der Waals surface area (Å²) in [5, 5.41) is 3.31. The Hall–Kier alpha value is -1.68. The molecule has 4 heteroatoms. The van der Waals surface area contributed by atoms with E-state index in [1.54, 1.807) is 0 Å². The molecule has 1 saturated heterocycles. The number of carbonyl (C=O) groups excluding carboxylic acids is 2. The van der Waals surface area contributed by atoms with Gasteiger partial charge < -0.3 is 10.2 Å². The lowest BCUT2D eigenvalue weighted by Gasteiger charge is -2.33. The second kappa shape index (κ2) is 7.47. The Balaban J connectivity index is 1.64. The number of hydrogen-bond donors (Lipinski definition) is 1. The maximum absolute atomic E-state index is 12.4. The highest BCUT2D eigenvalue weighted by Gasteiger charge is 2.27. The number of Topliss-reactive ketones (excluding diaryl/α,β-unsaturated/α-hetero) is 1. The van der Waals surface area contributed by atoms with E-state index in [1.165, 1.54) is 18.4 Å². The summed E-state index contributed by atoms with van der Waals surface area (Å²) in [6.07, 6.45) is 4.51. The number of likely N-dealkylation sites (tertiary alicyclic amines) is 1. The Kier molecular flexibility index (Phi) is 5.34. The molecule has 1 atom stereocenters. The summed E-state index contributed by atoms with van der Waals surface area (Å²) in [4.78, 5) is 26.6. The van der Waals surface area contributed by atoms with Gasteiger partial charge in [-0.25, -0.2) is 0 Å². The molecule has 0 radical (unpaired) electrons. The number of piperidine rings is 1. The molecule has 3 rings (SSSR count). The van der Waals surface area contributed by atoms with Crippen LogP contribution in [-0.4, -0.2) is 42.3 Å². The van der Waals surface area contributed by atoms with Crippen molar-refractivity contribution < 1.29 is 9.59 Å². The molecule has 2 aliphatic rings. The Morgan fingerprint density at radius 2 is 2.04 bits per heavy atom. The monoisotopic (exact) mass is 328 g/mol. The van der Waals surface area contributed by atoms with Gasteiger partial charge in [-0.2, -0.15) is 0 Å². The highest BCUT2D eigenvalue weighted by atomic mass is 16.2. The van der Waals surface area contributed by atoms with E-state index < -0.39 is 0 Å². The standard InChI is InChI=1S/C20H28N2O2/c1-14(2)20(24)16-6-3-5-15(11-16)17-7-4-10-22(13-17)19(23)12-21-18-8-9-18/h3,5-6,11,14,17-18,21H,4,7-10,12-13H2,1-2H3/t17-/m0/s1. The molecule has 1 amide bonds. The van der Waals surface area contributed by atoms with Crippen molar-refractivity contribution in [2.75, 3.05) is 19.6 Å². The molecular formula is C20H28N2O2. The first-order valence-corrected chi connectivity index (χ1v) is 9.20.